The van der Waals surface area contributed by atoms with Gasteiger partial charge in [0.15, 0.2) is 0 Å². The molecule has 2 rings (SSSR count). The average molecular weight is 238 g/mol. The van der Waals surface area contributed by atoms with E-state index >= 15 is 0 Å². The van der Waals surface area contributed by atoms with Gasteiger partial charge in [0.25, 0.3) is 0 Å². The number of azide groups is 1. The number of rotatable bonds is 1. The number of piperidine rings is 1. The molecule has 2 fully saturated rings. The van der Waals surface area contributed by atoms with Crippen LogP contribution in [0.1, 0.15) is 33.6 Å². The quantitative estimate of drug-likeness (QED) is 0.400. The third kappa shape index (κ3) is 2.47. The molecule has 1 aliphatic heterocycles. The molecule has 6 heteroatoms. The summed E-state index contributed by atoms with van der Waals surface area (Å²) in [5.41, 5.74) is 7.98. The predicted octanol–water partition coefficient (Wildman–Crippen LogP) is 2.69. The molecular weight excluding hydrogens is 220 g/mol. The van der Waals surface area contributed by atoms with E-state index in [1.165, 1.54) is 0 Å². The normalized spacial score (nSPS) is 31.2. The van der Waals surface area contributed by atoms with Gasteiger partial charge in [0.1, 0.15) is 5.60 Å². The van der Waals surface area contributed by atoms with Gasteiger partial charge in [-0.25, -0.2) is 4.79 Å². The highest BCUT2D eigenvalue weighted by Gasteiger charge is 2.47. The average Bonchev–Trinajstić information content (AvgIpc) is 2.74. The molecule has 1 amide bonds. The molecule has 1 heterocycles. The summed E-state index contributed by atoms with van der Waals surface area (Å²) in [5.74, 6) is 0.309. The van der Waals surface area contributed by atoms with Crippen LogP contribution in [0.3, 0.4) is 0 Å². The van der Waals surface area contributed by atoms with E-state index < -0.39 is 5.60 Å². The molecule has 2 aliphatic rings. The lowest BCUT2D eigenvalue weighted by Crippen LogP contribution is -2.43. The number of hydrogen-bond acceptors (Lipinski definition) is 3. The van der Waals surface area contributed by atoms with E-state index in [0.29, 0.717) is 12.5 Å². The molecule has 0 aromatic rings. The maximum atomic E-state index is 11.9. The van der Waals surface area contributed by atoms with E-state index in [0.717, 1.165) is 12.8 Å². The minimum absolute atomic E-state index is 0.0590. The van der Waals surface area contributed by atoms with Gasteiger partial charge in [-0.15, -0.1) is 0 Å². The number of fused-ring (bicyclic) bond motifs is 2. The standard InChI is InChI=1S/C11H18N4O2/c1-11(2,3)17-10(16)15-6-7-4-8(15)5-9(7)13-14-12/h7-9H,4-6H2,1-3H3. The molecule has 0 aromatic carbocycles. The van der Waals surface area contributed by atoms with Crippen molar-refractivity contribution in [3.63, 3.8) is 0 Å². The Bertz CT molecular complexity index is 370. The van der Waals surface area contributed by atoms with Crippen LogP contribution in [0.2, 0.25) is 0 Å². The summed E-state index contributed by atoms with van der Waals surface area (Å²) in [4.78, 5) is 16.5. The van der Waals surface area contributed by atoms with Crippen LogP contribution in [0.5, 0.6) is 0 Å². The lowest BCUT2D eigenvalue weighted by atomic mass is 10.0. The van der Waals surface area contributed by atoms with Crippen molar-refractivity contribution in [1.82, 2.24) is 4.90 Å². The van der Waals surface area contributed by atoms with Crippen LogP contribution >= 0.6 is 0 Å². The first-order valence-corrected chi connectivity index (χ1v) is 5.94. The monoisotopic (exact) mass is 238 g/mol. The van der Waals surface area contributed by atoms with E-state index in [1.807, 2.05) is 20.8 Å². The van der Waals surface area contributed by atoms with Gasteiger partial charge in [0.2, 0.25) is 0 Å². The van der Waals surface area contributed by atoms with Crippen molar-refractivity contribution in [2.24, 2.45) is 11.0 Å². The smallest absolute Gasteiger partial charge is 0.410 e. The van der Waals surface area contributed by atoms with Crippen molar-refractivity contribution in [2.45, 2.75) is 51.3 Å². The topological polar surface area (TPSA) is 78.3 Å². The molecule has 0 aromatic heterocycles. The van der Waals surface area contributed by atoms with Crippen LogP contribution in [0.25, 0.3) is 10.4 Å². The second-order valence-corrected chi connectivity index (χ2v) is 5.79. The molecule has 0 spiro atoms. The number of amides is 1. The Hall–Kier alpha value is -1.42. The van der Waals surface area contributed by atoms with Gasteiger partial charge in [-0.1, -0.05) is 5.11 Å². The van der Waals surface area contributed by atoms with Gasteiger partial charge in [-0.3, -0.25) is 0 Å². The highest BCUT2D eigenvalue weighted by atomic mass is 16.6. The molecule has 6 nitrogen and oxygen atoms in total. The Kier molecular flexibility index (Phi) is 2.91. The maximum absolute atomic E-state index is 11.9. The fraction of sp³-hybridized carbons (Fsp3) is 0.909. The van der Waals surface area contributed by atoms with Gasteiger partial charge in [0.05, 0.1) is 0 Å². The summed E-state index contributed by atoms with van der Waals surface area (Å²) in [5, 5.41) is 3.78. The summed E-state index contributed by atoms with van der Waals surface area (Å²) in [6.45, 7) is 6.25. The number of likely N-dealkylation sites (tertiary alicyclic amines) is 1. The highest BCUT2D eigenvalue weighted by molar-refractivity contribution is 5.69. The molecule has 1 saturated heterocycles. The largest absolute Gasteiger partial charge is 0.444 e. The SMILES string of the molecule is CC(C)(C)OC(=O)N1CC2CC1CC2N=[N+]=[N-]. The van der Waals surface area contributed by atoms with Gasteiger partial charge < -0.3 is 9.64 Å². The third-order valence-electron chi connectivity index (χ3n) is 3.33. The first-order valence-electron chi connectivity index (χ1n) is 5.94. The lowest BCUT2D eigenvalue weighted by molar-refractivity contribution is 0.0183. The Balaban J connectivity index is 1.96. The van der Waals surface area contributed by atoms with Crippen LogP contribution in [0.4, 0.5) is 4.79 Å². The second kappa shape index (κ2) is 4.11. The van der Waals surface area contributed by atoms with E-state index in [4.69, 9.17) is 10.3 Å². The minimum Gasteiger partial charge on any atom is -0.444 e. The minimum atomic E-state index is -0.455. The first kappa shape index (κ1) is 12.0. The Morgan fingerprint density at radius 2 is 2.18 bits per heavy atom. The number of ether oxygens (including phenoxy) is 1. The lowest BCUT2D eigenvalue weighted by Gasteiger charge is -2.31. The van der Waals surface area contributed by atoms with Crippen LogP contribution in [0.15, 0.2) is 5.11 Å². The van der Waals surface area contributed by atoms with E-state index in [1.54, 1.807) is 4.90 Å². The zero-order valence-corrected chi connectivity index (χ0v) is 10.5. The van der Waals surface area contributed by atoms with Gasteiger partial charge in [0, 0.05) is 23.5 Å². The molecule has 1 saturated carbocycles. The second-order valence-electron chi connectivity index (χ2n) is 5.79. The zero-order chi connectivity index (χ0) is 12.6. The van der Waals surface area contributed by atoms with Crippen LogP contribution < -0.4 is 0 Å². The van der Waals surface area contributed by atoms with Crippen molar-refractivity contribution >= 4 is 6.09 Å². The van der Waals surface area contributed by atoms with Gasteiger partial charge in [-0.05, 0) is 45.1 Å². The summed E-state index contributed by atoms with van der Waals surface area (Å²) in [7, 11) is 0. The van der Waals surface area contributed by atoms with E-state index in [-0.39, 0.29) is 18.2 Å². The van der Waals surface area contributed by atoms with Crippen molar-refractivity contribution in [3.8, 4) is 0 Å². The van der Waals surface area contributed by atoms with Crippen LogP contribution in [-0.4, -0.2) is 35.2 Å². The van der Waals surface area contributed by atoms with Gasteiger partial charge >= 0.3 is 6.09 Å². The number of carbonyl (C=O) groups excluding carboxylic acids is 1. The number of nitrogens with zero attached hydrogens (tertiary/aromatic N) is 4. The Labute approximate surface area is 101 Å². The maximum Gasteiger partial charge on any atom is 0.410 e. The Morgan fingerprint density at radius 3 is 2.65 bits per heavy atom. The van der Waals surface area contributed by atoms with Crippen molar-refractivity contribution in [2.75, 3.05) is 6.54 Å². The predicted molar refractivity (Wildman–Crippen MR) is 62.4 cm³/mol. The molecule has 0 N–H and O–H groups in total. The fourth-order valence-electron chi connectivity index (χ4n) is 2.68. The summed E-state index contributed by atoms with van der Waals surface area (Å²) >= 11 is 0. The van der Waals surface area contributed by atoms with E-state index in [2.05, 4.69) is 10.0 Å². The summed E-state index contributed by atoms with van der Waals surface area (Å²) in [6.07, 6.45) is 1.46. The van der Waals surface area contributed by atoms with Gasteiger partial charge in [-0.2, -0.15) is 0 Å². The summed E-state index contributed by atoms with van der Waals surface area (Å²) in [6, 6.07) is 0.244. The third-order valence-corrected chi connectivity index (χ3v) is 3.33. The molecule has 2 bridgehead atoms. The molecule has 1 aliphatic carbocycles. The van der Waals surface area contributed by atoms with Crippen molar-refractivity contribution < 1.29 is 9.53 Å². The zero-order valence-electron chi connectivity index (χ0n) is 10.5. The fourth-order valence-corrected chi connectivity index (χ4v) is 2.68. The summed E-state index contributed by atoms with van der Waals surface area (Å²) < 4.78 is 5.35. The van der Waals surface area contributed by atoms with E-state index in [9.17, 15) is 4.79 Å². The molecule has 3 unspecified atom stereocenters. The van der Waals surface area contributed by atoms with Crippen molar-refractivity contribution in [3.05, 3.63) is 10.4 Å². The van der Waals surface area contributed by atoms with Crippen molar-refractivity contribution in [1.29, 1.82) is 0 Å². The number of carbonyl (C=O) groups is 1. The number of hydrogen-bond donors (Lipinski definition) is 0. The van der Waals surface area contributed by atoms with Crippen LogP contribution in [-0.2, 0) is 4.74 Å². The highest BCUT2D eigenvalue weighted by Crippen LogP contribution is 2.40. The molecule has 0 radical (unpaired) electrons. The first-order chi connectivity index (χ1) is 7.90. The molecule has 3 atom stereocenters. The van der Waals surface area contributed by atoms with Crippen LogP contribution in [0, 0.1) is 5.92 Å². The Morgan fingerprint density at radius 1 is 1.47 bits per heavy atom. The molecular formula is C11H18N4O2. The molecule has 17 heavy (non-hydrogen) atoms. The molecule has 94 valence electrons.